The number of hydrogen-bond donors (Lipinski definition) is 0. The maximum Gasteiger partial charge on any atom is 0.174 e. The van der Waals surface area contributed by atoms with E-state index in [9.17, 15) is 4.79 Å². The molecule has 1 aromatic rings. The summed E-state index contributed by atoms with van der Waals surface area (Å²) in [6, 6.07) is 0. The van der Waals surface area contributed by atoms with Crippen LogP contribution < -0.4 is 0 Å². The number of carbonyl (C=O) groups is 1. The average Bonchev–Trinajstić information content (AvgIpc) is 2.47. The Balaban J connectivity index is 1.92. The van der Waals surface area contributed by atoms with E-state index in [2.05, 4.69) is 4.98 Å². The van der Waals surface area contributed by atoms with E-state index in [1.54, 1.807) is 11.7 Å². The van der Waals surface area contributed by atoms with E-state index >= 15 is 0 Å². The fourth-order valence-electron chi connectivity index (χ4n) is 1.41. The zero-order chi connectivity index (χ0) is 8.39. The SMILES string of the molecule is O=C(CC1CCC1)c1cncs1. The van der Waals surface area contributed by atoms with Gasteiger partial charge in [-0.2, -0.15) is 0 Å². The lowest BCUT2D eigenvalue weighted by atomic mass is 9.82. The Hall–Kier alpha value is -0.700. The van der Waals surface area contributed by atoms with Crippen molar-refractivity contribution in [2.45, 2.75) is 25.7 Å². The summed E-state index contributed by atoms with van der Waals surface area (Å²) in [4.78, 5) is 16.2. The second-order valence-corrected chi connectivity index (χ2v) is 4.18. The molecule has 2 rings (SSSR count). The van der Waals surface area contributed by atoms with Crippen molar-refractivity contribution in [2.24, 2.45) is 5.92 Å². The van der Waals surface area contributed by atoms with Gasteiger partial charge in [-0.25, -0.2) is 0 Å². The summed E-state index contributed by atoms with van der Waals surface area (Å²) in [5.74, 6) is 0.946. The van der Waals surface area contributed by atoms with E-state index in [0.717, 1.165) is 11.3 Å². The van der Waals surface area contributed by atoms with Crippen LogP contribution in [0.1, 0.15) is 35.4 Å². The van der Waals surface area contributed by atoms with Crippen LogP contribution in [-0.4, -0.2) is 10.8 Å². The van der Waals surface area contributed by atoms with Crippen molar-refractivity contribution in [1.29, 1.82) is 0 Å². The summed E-state index contributed by atoms with van der Waals surface area (Å²) >= 11 is 1.45. The Morgan fingerprint density at radius 2 is 2.50 bits per heavy atom. The van der Waals surface area contributed by atoms with Crippen LogP contribution in [0.5, 0.6) is 0 Å². The molecule has 3 heteroatoms. The first-order chi connectivity index (χ1) is 5.86. The van der Waals surface area contributed by atoms with Crippen molar-refractivity contribution >= 4 is 17.1 Å². The molecule has 0 N–H and O–H groups in total. The highest BCUT2D eigenvalue weighted by atomic mass is 32.1. The van der Waals surface area contributed by atoms with Gasteiger partial charge in [0, 0.05) is 12.6 Å². The van der Waals surface area contributed by atoms with E-state index in [4.69, 9.17) is 0 Å². The van der Waals surface area contributed by atoms with Gasteiger partial charge >= 0.3 is 0 Å². The molecule has 0 bridgehead atoms. The van der Waals surface area contributed by atoms with E-state index in [-0.39, 0.29) is 5.78 Å². The van der Waals surface area contributed by atoms with Crippen LogP contribution in [0.3, 0.4) is 0 Å². The first-order valence-corrected chi connectivity index (χ1v) is 5.16. The van der Waals surface area contributed by atoms with Crippen LogP contribution in [0.2, 0.25) is 0 Å². The molecule has 1 aromatic heterocycles. The minimum Gasteiger partial charge on any atom is -0.293 e. The van der Waals surface area contributed by atoms with E-state index in [1.807, 2.05) is 0 Å². The number of carbonyl (C=O) groups excluding carboxylic acids is 1. The van der Waals surface area contributed by atoms with Crippen molar-refractivity contribution in [2.75, 3.05) is 0 Å². The highest BCUT2D eigenvalue weighted by Gasteiger charge is 2.21. The minimum absolute atomic E-state index is 0.280. The molecule has 64 valence electrons. The van der Waals surface area contributed by atoms with E-state index in [1.165, 1.54) is 30.6 Å². The third kappa shape index (κ3) is 1.55. The number of aromatic nitrogens is 1. The molecule has 1 saturated carbocycles. The standard InChI is InChI=1S/C9H11NOS/c11-8(4-7-2-1-3-7)9-5-10-6-12-9/h5-7H,1-4H2. The molecule has 0 aromatic carbocycles. The molecule has 0 aliphatic heterocycles. The largest absolute Gasteiger partial charge is 0.293 e. The fraction of sp³-hybridized carbons (Fsp3) is 0.556. The van der Waals surface area contributed by atoms with Gasteiger partial charge < -0.3 is 0 Å². The molecule has 1 aliphatic rings. The smallest absolute Gasteiger partial charge is 0.174 e. The molecule has 0 atom stereocenters. The Morgan fingerprint density at radius 3 is 3.00 bits per heavy atom. The van der Waals surface area contributed by atoms with Crippen molar-refractivity contribution in [1.82, 2.24) is 4.98 Å². The Labute approximate surface area is 75.6 Å². The Kier molecular flexibility index (Phi) is 2.21. The first-order valence-electron chi connectivity index (χ1n) is 4.28. The van der Waals surface area contributed by atoms with E-state index in [0.29, 0.717) is 5.92 Å². The molecule has 0 amide bonds. The maximum atomic E-state index is 11.5. The van der Waals surface area contributed by atoms with Gasteiger partial charge in [-0.05, 0) is 5.92 Å². The zero-order valence-electron chi connectivity index (χ0n) is 6.82. The quantitative estimate of drug-likeness (QED) is 0.671. The summed E-state index contributed by atoms with van der Waals surface area (Å²) in [7, 11) is 0. The van der Waals surface area contributed by atoms with Gasteiger partial charge in [-0.15, -0.1) is 11.3 Å². The second kappa shape index (κ2) is 3.35. The number of ketones is 1. The molecular formula is C9H11NOS. The van der Waals surface area contributed by atoms with Gasteiger partial charge in [0.2, 0.25) is 0 Å². The summed E-state index contributed by atoms with van der Waals surface area (Å²) < 4.78 is 0. The Bertz CT molecular complexity index is 264. The van der Waals surface area contributed by atoms with Gasteiger partial charge in [0.15, 0.2) is 5.78 Å². The second-order valence-electron chi connectivity index (χ2n) is 3.29. The molecule has 0 saturated heterocycles. The van der Waals surface area contributed by atoms with Crippen molar-refractivity contribution < 1.29 is 4.79 Å². The number of thiazole rings is 1. The van der Waals surface area contributed by atoms with Gasteiger partial charge in [0.05, 0.1) is 10.4 Å². The van der Waals surface area contributed by atoms with E-state index < -0.39 is 0 Å². The monoisotopic (exact) mass is 181 g/mol. The molecule has 2 nitrogen and oxygen atoms in total. The van der Waals surface area contributed by atoms with Gasteiger partial charge in [-0.3, -0.25) is 9.78 Å². The maximum absolute atomic E-state index is 11.5. The lowest BCUT2D eigenvalue weighted by Crippen LogP contribution is -2.15. The van der Waals surface area contributed by atoms with Crippen LogP contribution in [0.4, 0.5) is 0 Å². The predicted molar refractivity (Wildman–Crippen MR) is 48.4 cm³/mol. The zero-order valence-corrected chi connectivity index (χ0v) is 7.64. The summed E-state index contributed by atoms with van der Waals surface area (Å²) in [6.07, 6.45) is 6.20. The molecule has 1 aliphatic carbocycles. The third-order valence-electron chi connectivity index (χ3n) is 2.41. The molecule has 1 heterocycles. The molecule has 0 spiro atoms. The summed E-state index contributed by atoms with van der Waals surface area (Å²) in [5.41, 5.74) is 1.72. The first kappa shape index (κ1) is 7.92. The van der Waals surface area contributed by atoms with Crippen LogP contribution in [0, 0.1) is 5.92 Å². The van der Waals surface area contributed by atoms with Crippen molar-refractivity contribution in [3.63, 3.8) is 0 Å². The minimum atomic E-state index is 0.280. The van der Waals surface area contributed by atoms with Gasteiger partial charge in [0.1, 0.15) is 0 Å². The molecule has 1 fully saturated rings. The van der Waals surface area contributed by atoms with Crippen LogP contribution in [-0.2, 0) is 0 Å². The number of nitrogens with zero attached hydrogens (tertiary/aromatic N) is 1. The average molecular weight is 181 g/mol. The number of Topliss-reactive ketones (excluding diaryl/α,β-unsaturated/α-hetero) is 1. The summed E-state index contributed by atoms with van der Waals surface area (Å²) in [5, 5.41) is 0. The van der Waals surface area contributed by atoms with Crippen LogP contribution in [0.25, 0.3) is 0 Å². The molecule has 0 unspecified atom stereocenters. The highest BCUT2D eigenvalue weighted by molar-refractivity contribution is 7.11. The third-order valence-corrected chi connectivity index (χ3v) is 3.22. The molecule has 12 heavy (non-hydrogen) atoms. The fourth-order valence-corrected chi connectivity index (χ4v) is 1.98. The molecule has 0 radical (unpaired) electrons. The normalized spacial score (nSPS) is 17.3. The highest BCUT2D eigenvalue weighted by Crippen LogP contribution is 2.30. The van der Waals surface area contributed by atoms with Crippen molar-refractivity contribution in [3.05, 3.63) is 16.6 Å². The molecular weight excluding hydrogens is 170 g/mol. The topological polar surface area (TPSA) is 30.0 Å². The Morgan fingerprint density at radius 1 is 1.67 bits per heavy atom. The van der Waals surface area contributed by atoms with Crippen LogP contribution in [0.15, 0.2) is 11.7 Å². The lowest BCUT2D eigenvalue weighted by molar-refractivity contribution is 0.0940. The lowest BCUT2D eigenvalue weighted by Gasteiger charge is -2.23. The number of hydrogen-bond acceptors (Lipinski definition) is 3. The van der Waals surface area contributed by atoms with Crippen LogP contribution >= 0.6 is 11.3 Å². The van der Waals surface area contributed by atoms with Crippen molar-refractivity contribution in [3.8, 4) is 0 Å². The van der Waals surface area contributed by atoms with Gasteiger partial charge in [0.25, 0.3) is 0 Å². The number of rotatable bonds is 3. The summed E-state index contributed by atoms with van der Waals surface area (Å²) in [6.45, 7) is 0. The van der Waals surface area contributed by atoms with Gasteiger partial charge in [-0.1, -0.05) is 19.3 Å². The predicted octanol–water partition coefficient (Wildman–Crippen LogP) is 2.52.